The summed E-state index contributed by atoms with van der Waals surface area (Å²) in [6.07, 6.45) is 15.4. The van der Waals surface area contributed by atoms with Gasteiger partial charge in [-0.25, -0.2) is 14.8 Å². The molecule has 1 aliphatic carbocycles. The zero-order valence-electron chi connectivity index (χ0n) is 17.9. The number of unbranched alkanes of at least 4 members (excludes halogenated alkanes) is 2. The maximum absolute atomic E-state index is 12.5. The molecule has 1 aromatic heterocycles. The van der Waals surface area contributed by atoms with Crippen LogP contribution in [-0.4, -0.2) is 22.0 Å². The van der Waals surface area contributed by atoms with E-state index in [2.05, 4.69) is 23.8 Å². The van der Waals surface area contributed by atoms with Crippen molar-refractivity contribution in [3.63, 3.8) is 0 Å². The molecule has 1 saturated carbocycles. The monoisotopic (exact) mass is 394 g/mol. The molecule has 0 saturated heterocycles. The Morgan fingerprint density at radius 1 is 0.966 bits per heavy atom. The molecule has 1 fully saturated rings. The van der Waals surface area contributed by atoms with Gasteiger partial charge in [-0.05, 0) is 62.1 Å². The predicted molar refractivity (Wildman–Crippen MR) is 117 cm³/mol. The van der Waals surface area contributed by atoms with Crippen LogP contribution in [0.25, 0.3) is 11.4 Å². The Morgan fingerprint density at radius 2 is 1.66 bits per heavy atom. The van der Waals surface area contributed by atoms with E-state index in [1.54, 1.807) is 0 Å². The van der Waals surface area contributed by atoms with Gasteiger partial charge in [-0.2, -0.15) is 0 Å². The van der Waals surface area contributed by atoms with E-state index < -0.39 is 0 Å². The Kier molecular flexibility index (Phi) is 8.21. The van der Waals surface area contributed by atoms with Gasteiger partial charge in [0.15, 0.2) is 5.82 Å². The smallest absolute Gasteiger partial charge is 0.338 e. The van der Waals surface area contributed by atoms with E-state index in [1.807, 2.05) is 36.7 Å². The summed E-state index contributed by atoms with van der Waals surface area (Å²) in [6.45, 7) is 4.44. The molecule has 0 spiro atoms. The van der Waals surface area contributed by atoms with Crippen molar-refractivity contribution >= 4 is 5.97 Å². The van der Waals surface area contributed by atoms with Crippen molar-refractivity contribution in [1.82, 2.24) is 9.97 Å². The van der Waals surface area contributed by atoms with E-state index >= 15 is 0 Å². The van der Waals surface area contributed by atoms with Crippen molar-refractivity contribution in [1.29, 1.82) is 0 Å². The lowest BCUT2D eigenvalue weighted by Gasteiger charge is -2.28. The zero-order chi connectivity index (χ0) is 20.5. The van der Waals surface area contributed by atoms with Crippen LogP contribution < -0.4 is 0 Å². The van der Waals surface area contributed by atoms with Crippen LogP contribution in [0.4, 0.5) is 0 Å². The van der Waals surface area contributed by atoms with Gasteiger partial charge in [-0.3, -0.25) is 0 Å². The zero-order valence-corrected chi connectivity index (χ0v) is 17.9. The molecule has 0 atom stereocenters. The summed E-state index contributed by atoms with van der Waals surface area (Å²) >= 11 is 0. The summed E-state index contributed by atoms with van der Waals surface area (Å²) in [5, 5.41) is 0. The van der Waals surface area contributed by atoms with E-state index in [9.17, 15) is 4.79 Å². The third-order valence-corrected chi connectivity index (χ3v) is 5.92. The summed E-state index contributed by atoms with van der Waals surface area (Å²) in [5.74, 6) is 1.29. The first kappa shape index (κ1) is 21.5. The number of carbonyl (C=O) groups is 1. The van der Waals surface area contributed by atoms with E-state index in [0.717, 1.165) is 30.7 Å². The van der Waals surface area contributed by atoms with E-state index in [-0.39, 0.29) is 12.1 Å². The lowest BCUT2D eigenvalue weighted by atomic mass is 9.85. The Hall–Kier alpha value is -2.23. The van der Waals surface area contributed by atoms with Gasteiger partial charge in [0.25, 0.3) is 0 Å². The topological polar surface area (TPSA) is 52.1 Å². The van der Waals surface area contributed by atoms with Crippen LogP contribution in [0.2, 0.25) is 0 Å². The standard InChI is InChI=1S/C25H34N2O2/c1-3-5-6-8-20-17-26-24(27-18-20)21-11-13-22(14-12-21)25(28)29-23-15-9-19(7-4-2)10-16-23/h11-14,17-19,23H,3-10,15-16H2,1-2H3. The fourth-order valence-electron chi connectivity index (χ4n) is 4.13. The number of benzene rings is 1. The number of aryl methyl sites for hydroxylation is 1. The Morgan fingerprint density at radius 3 is 2.28 bits per heavy atom. The molecule has 0 radical (unpaired) electrons. The summed E-state index contributed by atoms with van der Waals surface area (Å²) in [4.78, 5) is 21.5. The largest absolute Gasteiger partial charge is 0.459 e. The number of carbonyl (C=O) groups excluding carboxylic acids is 1. The molecule has 1 aromatic carbocycles. The average molecular weight is 395 g/mol. The predicted octanol–water partition coefficient (Wildman–Crippen LogP) is 6.39. The molecule has 0 amide bonds. The first-order valence-corrected chi connectivity index (χ1v) is 11.3. The summed E-state index contributed by atoms with van der Waals surface area (Å²) in [6, 6.07) is 7.44. The molecule has 1 heterocycles. The van der Waals surface area contributed by atoms with Gasteiger partial charge in [0, 0.05) is 18.0 Å². The molecular formula is C25H34N2O2. The Bertz CT molecular complexity index is 747. The van der Waals surface area contributed by atoms with E-state index in [0.29, 0.717) is 11.4 Å². The molecule has 0 aliphatic heterocycles. The lowest BCUT2D eigenvalue weighted by molar-refractivity contribution is 0.0161. The van der Waals surface area contributed by atoms with E-state index in [4.69, 9.17) is 4.74 Å². The first-order valence-electron chi connectivity index (χ1n) is 11.3. The fourth-order valence-corrected chi connectivity index (χ4v) is 4.13. The molecule has 4 nitrogen and oxygen atoms in total. The van der Waals surface area contributed by atoms with Crippen molar-refractivity contribution < 1.29 is 9.53 Å². The van der Waals surface area contributed by atoms with Crippen LogP contribution in [0.5, 0.6) is 0 Å². The average Bonchev–Trinajstić information content (AvgIpc) is 2.76. The molecule has 1 aliphatic rings. The SMILES string of the molecule is CCCCCc1cnc(-c2ccc(C(=O)OC3CCC(CCC)CC3)cc2)nc1. The van der Waals surface area contributed by atoms with Gasteiger partial charge in [0.1, 0.15) is 6.10 Å². The maximum Gasteiger partial charge on any atom is 0.338 e. The highest BCUT2D eigenvalue weighted by Crippen LogP contribution is 2.29. The van der Waals surface area contributed by atoms with Crippen LogP contribution >= 0.6 is 0 Å². The van der Waals surface area contributed by atoms with Crippen molar-refractivity contribution in [2.24, 2.45) is 5.92 Å². The minimum absolute atomic E-state index is 0.0684. The third-order valence-electron chi connectivity index (χ3n) is 5.92. The number of aromatic nitrogens is 2. The second-order valence-electron chi connectivity index (χ2n) is 8.29. The molecule has 0 unspecified atom stereocenters. The Balaban J connectivity index is 1.52. The van der Waals surface area contributed by atoms with E-state index in [1.165, 1.54) is 50.5 Å². The van der Waals surface area contributed by atoms with Crippen LogP contribution in [0, 0.1) is 5.92 Å². The van der Waals surface area contributed by atoms with Crippen LogP contribution in [-0.2, 0) is 11.2 Å². The van der Waals surface area contributed by atoms with Crippen LogP contribution in [0.15, 0.2) is 36.7 Å². The summed E-state index contributed by atoms with van der Waals surface area (Å²) in [5.41, 5.74) is 2.69. The van der Waals surface area contributed by atoms with Gasteiger partial charge in [0.05, 0.1) is 5.56 Å². The molecule has 0 N–H and O–H groups in total. The van der Waals surface area contributed by atoms with Gasteiger partial charge in [-0.1, -0.05) is 51.7 Å². The molecular weight excluding hydrogens is 360 g/mol. The second-order valence-corrected chi connectivity index (χ2v) is 8.29. The number of rotatable bonds is 9. The van der Waals surface area contributed by atoms with Gasteiger partial charge >= 0.3 is 5.97 Å². The van der Waals surface area contributed by atoms with Crippen LogP contribution in [0.3, 0.4) is 0 Å². The Labute approximate surface area is 175 Å². The van der Waals surface area contributed by atoms with Gasteiger partial charge in [0.2, 0.25) is 0 Å². The molecule has 4 heteroatoms. The normalized spacial score (nSPS) is 19.1. The number of hydrogen-bond acceptors (Lipinski definition) is 4. The highest BCUT2D eigenvalue weighted by molar-refractivity contribution is 5.90. The fraction of sp³-hybridized carbons (Fsp3) is 0.560. The second kappa shape index (κ2) is 11.1. The number of hydrogen-bond donors (Lipinski definition) is 0. The molecule has 29 heavy (non-hydrogen) atoms. The quantitative estimate of drug-likeness (QED) is 0.365. The van der Waals surface area contributed by atoms with Crippen molar-refractivity contribution in [3.8, 4) is 11.4 Å². The summed E-state index contributed by atoms with van der Waals surface area (Å²) < 4.78 is 5.74. The maximum atomic E-state index is 12.5. The van der Waals surface area contributed by atoms with Gasteiger partial charge < -0.3 is 4.74 Å². The summed E-state index contributed by atoms with van der Waals surface area (Å²) in [7, 11) is 0. The molecule has 2 aromatic rings. The minimum atomic E-state index is -0.220. The lowest BCUT2D eigenvalue weighted by Crippen LogP contribution is -2.24. The van der Waals surface area contributed by atoms with Crippen LogP contribution in [0.1, 0.15) is 87.6 Å². The number of esters is 1. The number of nitrogens with zero attached hydrogens (tertiary/aromatic N) is 2. The first-order chi connectivity index (χ1) is 14.2. The third kappa shape index (κ3) is 6.38. The van der Waals surface area contributed by atoms with Gasteiger partial charge in [-0.15, -0.1) is 0 Å². The van der Waals surface area contributed by atoms with Crippen molar-refractivity contribution in [2.45, 2.75) is 84.2 Å². The minimum Gasteiger partial charge on any atom is -0.459 e. The molecule has 156 valence electrons. The molecule has 0 bridgehead atoms. The highest BCUT2D eigenvalue weighted by atomic mass is 16.5. The highest BCUT2D eigenvalue weighted by Gasteiger charge is 2.23. The number of ether oxygens (including phenoxy) is 1. The van der Waals surface area contributed by atoms with Crippen molar-refractivity contribution in [3.05, 3.63) is 47.8 Å². The molecule has 3 rings (SSSR count). The van der Waals surface area contributed by atoms with Crippen molar-refractivity contribution in [2.75, 3.05) is 0 Å².